The van der Waals surface area contributed by atoms with E-state index in [1.165, 1.54) is 4.52 Å². The van der Waals surface area contributed by atoms with Gasteiger partial charge >= 0.3 is 0 Å². The van der Waals surface area contributed by atoms with E-state index in [4.69, 9.17) is 9.47 Å². The second-order valence-corrected chi connectivity index (χ2v) is 5.43. The molecule has 24 heavy (non-hydrogen) atoms. The summed E-state index contributed by atoms with van der Waals surface area (Å²) in [7, 11) is 1.61. The Morgan fingerprint density at radius 2 is 2.33 bits per heavy atom. The maximum absolute atomic E-state index is 12.4. The second-order valence-electron chi connectivity index (χ2n) is 5.43. The van der Waals surface area contributed by atoms with Gasteiger partial charge in [-0.05, 0) is 18.6 Å². The first-order chi connectivity index (χ1) is 11.7. The second kappa shape index (κ2) is 5.80. The number of fused-ring (bicyclic) bond motifs is 2. The van der Waals surface area contributed by atoms with Crippen molar-refractivity contribution in [2.45, 2.75) is 12.5 Å². The molecule has 1 aromatic carbocycles. The van der Waals surface area contributed by atoms with E-state index < -0.39 is 0 Å². The summed E-state index contributed by atoms with van der Waals surface area (Å²) in [6.07, 6.45) is 3.95. The molecular weight excluding hydrogens is 310 g/mol. The maximum Gasteiger partial charge on any atom is 0.291 e. The van der Waals surface area contributed by atoms with Crippen LogP contribution in [0, 0.1) is 0 Å². The predicted molar refractivity (Wildman–Crippen MR) is 84.2 cm³/mol. The molecule has 8 heteroatoms. The summed E-state index contributed by atoms with van der Waals surface area (Å²) in [6.45, 7) is 0.366. The van der Waals surface area contributed by atoms with E-state index in [0.717, 1.165) is 11.3 Å². The molecule has 4 rings (SSSR count). The van der Waals surface area contributed by atoms with Gasteiger partial charge in [0.2, 0.25) is 5.82 Å². The van der Waals surface area contributed by atoms with Gasteiger partial charge in [-0.15, -0.1) is 5.10 Å². The number of amides is 1. The molecule has 122 valence electrons. The van der Waals surface area contributed by atoms with Gasteiger partial charge in [-0.25, -0.2) is 9.50 Å². The van der Waals surface area contributed by atoms with Gasteiger partial charge in [0.15, 0.2) is 11.5 Å². The van der Waals surface area contributed by atoms with Gasteiger partial charge in [-0.2, -0.15) is 4.98 Å². The van der Waals surface area contributed by atoms with Crippen molar-refractivity contribution in [1.29, 1.82) is 0 Å². The Kier molecular flexibility index (Phi) is 3.49. The van der Waals surface area contributed by atoms with Crippen molar-refractivity contribution in [1.82, 2.24) is 24.9 Å². The quantitative estimate of drug-likeness (QED) is 0.768. The van der Waals surface area contributed by atoms with E-state index in [0.29, 0.717) is 24.6 Å². The average molecular weight is 325 g/mol. The SMILES string of the molecule is COc1cccc2c1OC[C@@H](NC(=O)c1nc3ncccn3n1)C2. The number of aromatic nitrogens is 4. The van der Waals surface area contributed by atoms with Crippen LogP contribution in [-0.4, -0.2) is 45.2 Å². The lowest BCUT2D eigenvalue weighted by Crippen LogP contribution is -2.43. The van der Waals surface area contributed by atoms with Crippen molar-refractivity contribution in [3.63, 3.8) is 0 Å². The Morgan fingerprint density at radius 3 is 3.17 bits per heavy atom. The van der Waals surface area contributed by atoms with E-state index in [-0.39, 0.29) is 17.8 Å². The molecule has 0 aliphatic carbocycles. The molecule has 0 bridgehead atoms. The van der Waals surface area contributed by atoms with Crippen LogP contribution in [0.5, 0.6) is 11.5 Å². The third-order valence-electron chi connectivity index (χ3n) is 3.83. The van der Waals surface area contributed by atoms with Gasteiger partial charge in [0, 0.05) is 18.0 Å². The zero-order chi connectivity index (χ0) is 16.5. The van der Waals surface area contributed by atoms with Crippen molar-refractivity contribution in [3.8, 4) is 11.5 Å². The van der Waals surface area contributed by atoms with Crippen LogP contribution >= 0.6 is 0 Å². The van der Waals surface area contributed by atoms with Crippen LogP contribution in [0.1, 0.15) is 16.2 Å². The Morgan fingerprint density at radius 1 is 1.42 bits per heavy atom. The van der Waals surface area contributed by atoms with E-state index in [1.807, 2.05) is 18.2 Å². The normalized spacial score (nSPS) is 16.3. The number of methoxy groups -OCH3 is 1. The minimum Gasteiger partial charge on any atom is -0.493 e. The molecule has 3 aromatic rings. The van der Waals surface area contributed by atoms with Crippen LogP contribution in [0.4, 0.5) is 0 Å². The molecular formula is C16H15N5O3. The number of hydrogen-bond acceptors (Lipinski definition) is 6. The first kappa shape index (κ1) is 14.4. The molecule has 1 aliphatic heterocycles. The van der Waals surface area contributed by atoms with Crippen molar-refractivity contribution >= 4 is 11.7 Å². The molecule has 1 N–H and O–H groups in total. The fraction of sp³-hybridized carbons (Fsp3) is 0.250. The first-order valence-electron chi connectivity index (χ1n) is 7.51. The van der Waals surface area contributed by atoms with Crippen molar-refractivity contribution in [3.05, 3.63) is 48.0 Å². The number of carbonyl (C=O) groups is 1. The Labute approximate surface area is 137 Å². The highest BCUT2D eigenvalue weighted by Gasteiger charge is 2.25. The predicted octanol–water partition coefficient (Wildman–Crippen LogP) is 0.866. The lowest BCUT2D eigenvalue weighted by Gasteiger charge is -2.26. The number of ether oxygens (including phenoxy) is 2. The van der Waals surface area contributed by atoms with Crippen LogP contribution in [-0.2, 0) is 6.42 Å². The summed E-state index contributed by atoms with van der Waals surface area (Å²) in [5.41, 5.74) is 0.996. The maximum atomic E-state index is 12.4. The molecule has 0 unspecified atom stereocenters. The first-order valence-corrected chi connectivity index (χ1v) is 7.51. The number of rotatable bonds is 3. The molecule has 8 nitrogen and oxygen atoms in total. The molecule has 1 aliphatic rings. The lowest BCUT2D eigenvalue weighted by molar-refractivity contribution is 0.0904. The van der Waals surface area contributed by atoms with Gasteiger partial charge < -0.3 is 14.8 Å². The summed E-state index contributed by atoms with van der Waals surface area (Å²) < 4.78 is 12.5. The highest BCUT2D eigenvalue weighted by Crippen LogP contribution is 2.34. The fourth-order valence-corrected chi connectivity index (χ4v) is 2.73. The number of carbonyl (C=O) groups excluding carboxylic acids is 1. The van der Waals surface area contributed by atoms with E-state index in [2.05, 4.69) is 20.4 Å². The van der Waals surface area contributed by atoms with Crippen LogP contribution < -0.4 is 14.8 Å². The van der Waals surface area contributed by atoms with E-state index >= 15 is 0 Å². The van der Waals surface area contributed by atoms with Gasteiger partial charge in [-0.1, -0.05) is 12.1 Å². The monoisotopic (exact) mass is 325 g/mol. The molecule has 1 amide bonds. The van der Waals surface area contributed by atoms with Crippen molar-refractivity contribution in [2.24, 2.45) is 0 Å². The third-order valence-corrected chi connectivity index (χ3v) is 3.83. The van der Waals surface area contributed by atoms with Gasteiger partial charge in [0.1, 0.15) is 6.61 Å². The lowest BCUT2D eigenvalue weighted by atomic mass is 10.0. The minimum atomic E-state index is -0.347. The Bertz CT molecular complexity index is 875. The Hall–Kier alpha value is -3.16. The summed E-state index contributed by atoms with van der Waals surface area (Å²) in [5, 5.41) is 7.02. The zero-order valence-corrected chi connectivity index (χ0v) is 13.0. The Balaban J connectivity index is 1.50. The number of hydrogen-bond donors (Lipinski definition) is 1. The summed E-state index contributed by atoms with van der Waals surface area (Å²) in [6, 6.07) is 7.29. The summed E-state index contributed by atoms with van der Waals surface area (Å²) in [5.74, 6) is 1.56. The van der Waals surface area contributed by atoms with Crippen LogP contribution in [0.2, 0.25) is 0 Å². The molecule has 0 spiro atoms. The molecule has 0 saturated carbocycles. The van der Waals surface area contributed by atoms with Crippen molar-refractivity contribution < 1.29 is 14.3 Å². The smallest absolute Gasteiger partial charge is 0.291 e. The third kappa shape index (κ3) is 2.51. The van der Waals surface area contributed by atoms with Gasteiger partial charge in [0.05, 0.1) is 13.2 Å². The fourth-order valence-electron chi connectivity index (χ4n) is 2.73. The zero-order valence-electron chi connectivity index (χ0n) is 13.0. The number of para-hydroxylation sites is 1. The van der Waals surface area contributed by atoms with E-state index in [9.17, 15) is 4.79 Å². The number of benzene rings is 1. The van der Waals surface area contributed by atoms with Crippen LogP contribution in [0.25, 0.3) is 5.78 Å². The highest BCUT2D eigenvalue weighted by atomic mass is 16.5. The van der Waals surface area contributed by atoms with Crippen molar-refractivity contribution in [2.75, 3.05) is 13.7 Å². The van der Waals surface area contributed by atoms with Crippen LogP contribution in [0.15, 0.2) is 36.7 Å². The van der Waals surface area contributed by atoms with E-state index in [1.54, 1.807) is 25.6 Å². The molecule has 0 radical (unpaired) electrons. The molecule has 1 atom stereocenters. The minimum absolute atomic E-state index is 0.0881. The largest absolute Gasteiger partial charge is 0.493 e. The standard InChI is InChI=1S/C16H15N5O3/c1-23-12-5-2-4-10-8-11(9-24-13(10)12)18-15(22)14-19-16-17-6-3-7-21(16)20-14/h2-7,11H,8-9H2,1H3,(H,18,22)/t11-/m0/s1. The molecule has 0 saturated heterocycles. The summed E-state index contributed by atoms with van der Waals surface area (Å²) in [4.78, 5) is 20.5. The van der Waals surface area contributed by atoms with Gasteiger partial charge in [0.25, 0.3) is 11.7 Å². The van der Waals surface area contributed by atoms with Crippen LogP contribution in [0.3, 0.4) is 0 Å². The topological polar surface area (TPSA) is 90.6 Å². The highest BCUT2D eigenvalue weighted by molar-refractivity contribution is 5.91. The number of nitrogens with zero attached hydrogens (tertiary/aromatic N) is 4. The van der Waals surface area contributed by atoms with Gasteiger partial charge in [-0.3, -0.25) is 4.79 Å². The average Bonchev–Trinajstić information content (AvgIpc) is 3.05. The molecule has 0 fully saturated rings. The summed E-state index contributed by atoms with van der Waals surface area (Å²) >= 11 is 0. The molecule has 2 aromatic heterocycles. The molecule has 3 heterocycles. The number of nitrogens with one attached hydrogen (secondary N) is 1.